The molecule has 0 bridgehead atoms. The summed E-state index contributed by atoms with van der Waals surface area (Å²) in [6.07, 6.45) is 2.08. The lowest BCUT2D eigenvalue weighted by Crippen LogP contribution is -2.39. The monoisotopic (exact) mass is 298 g/mol. The van der Waals surface area contributed by atoms with Gasteiger partial charge in [-0.3, -0.25) is 9.21 Å². The van der Waals surface area contributed by atoms with E-state index in [0.29, 0.717) is 6.54 Å². The van der Waals surface area contributed by atoms with Crippen LogP contribution < -0.4 is 4.31 Å². The van der Waals surface area contributed by atoms with Crippen LogP contribution in [0, 0.1) is 0 Å². The second kappa shape index (κ2) is 7.06. The van der Waals surface area contributed by atoms with Crippen molar-refractivity contribution in [3.05, 3.63) is 30.3 Å². The van der Waals surface area contributed by atoms with Crippen molar-refractivity contribution in [3.8, 4) is 0 Å². The summed E-state index contributed by atoms with van der Waals surface area (Å²) in [5.41, 5.74) is 0.733. The van der Waals surface area contributed by atoms with E-state index >= 15 is 0 Å². The zero-order valence-corrected chi connectivity index (χ0v) is 12.7. The van der Waals surface area contributed by atoms with Gasteiger partial charge in [-0.1, -0.05) is 18.2 Å². The first-order chi connectivity index (χ1) is 9.57. The number of sulfonamides is 1. The molecule has 0 radical (unpaired) electrons. The van der Waals surface area contributed by atoms with Crippen LogP contribution in [0.25, 0.3) is 0 Å². The fraction of sp³-hybridized carbons (Fsp3) is 0.571. The topological polar surface area (TPSA) is 49.9 Å². The predicted molar refractivity (Wildman–Crippen MR) is 80.5 cm³/mol. The highest BCUT2D eigenvalue weighted by Crippen LogP contribution is 2.17. The number of ether oxygens (including phenoxy) is 1. The van der Waals surface area contributed by atoms with Crippen LogP contribution in [0.2, 0.25) is 0 Å². The minimum absolute atomic E-state index is 0.514. The van der Waals surface area contributed by atoms with Crippen molar-refractivity contribution in [2.45, 2.75) is 6.42 Å². The number of benzene rings is 1. The van der Waals surface area contributed by atoms with Crippen molar-refractivity contribution in [1.82, 2.24) is 4.90 Å². The SMILES string of the molecule is CS(=O)(=O)N(CCCN1CCOCC1)c1ccccc1. The average molecular weight is 298 g/mol. The Morgan fingerprint density at radius 3 is 2.45 bits per heavy atom. The molecule has 1 aliphatic rings. The van der Waals surface area contributed by atoms with Crippen molar-refractivity contribution in [3.63, 3.8) is 0 Å². The van der Waals surface area contributed by atoms with Gasteiger partial charge < -0.3 is 4.74 Å². The third-order valence-electron chi connectivity index (χ3n) is 3.38. The van der Waals surface area contributed by atoms with Gasteiger partial charge in [0.1, 0.15) is 0 Å². The van der Waals surface area contributed by atoms with Crippen molar-refractivity contribution in [2.75, 3.05) is 50.0 Å². The van der Waals surface area contributed by atoms with Gasteiger partial charge >= 0.3 is 0 Å². The van der Waals surface area contributed by atoms with E-state index in [2.05, 4.69) is 4.90 Å². The molecule has 0 aliphatic carbocycles. The smallest absolute Gasteiger partial charge is 0.232 e. The second-order valence-electron chi connectivity index (χ2n) is 4.98. The lowest BCUT2D eigenvalue weighted by molar-refractivity contribution is 0.0377. The van der Waals surface area contributed by atoms with Crippen LogP contribution in [0.1, 0.15) is 6.42 Å². The Morgan fingerprint density at radius 2 is 1.85 bits per heavy atom. The highest BCUT2D eigenvalue weighted by atomic mass is 32.2. The molecule has 5 nitrogen and oxygen atoms in total. The molecule has 0 unspecified atom stereocenters. The van der Waals surface area contributed by atoms with Crippen LogP contribution in [0.5, 0.6) is 0 Å². The molecular formula is C14H22N2O3S. The molecule has 1 aromatic rings. The minimum atomic E-state index is -3.23. The summed E-state index contributed by atoms with van der Waals surface area (Å²) in [7, 11) is -3.23. The third-order valence-corrected chi connectivity index (χ3v) is 4.58. The number of morpholine rings is 1. The Hall–Kier alpha value is -1.11. The molecular weight excluding hydrogens is 276 g/mol. The summed E-state index contributed by atoms with van der Waals surface area (Å²) < 4.78 is 30.6. The van der Waals surface area contributed by atoms with Crippen LogP contribution in [0.15, 0.2) is 30.3 Å². The molecule has 1 aliphatic heterocycles. The van der Waals surface area contributed by atoms with E-state index in [1.165, 1.54) is 10.6 Å². The Kier molecular flexibility index (Phi) is 5.39. The summed E-state index contributed by atoms with van der Waals surface area (Å²) in [6, 6.07) is 9.26. The van der Waals surface area contributed by atoms with Crippen molar-refractivity contribution in [2.24, 2.45) is 0 Å². The van der Waals surface area contributed by atoms with E-state index in [4.69, 9.17) is 4.74 Å². The van der Waals surface area contributed by atoms with Crippen molar-refractivity contribution in [1.29, 1.82) is 0 Å². The molecule has 0 spiro atoms. The summed E-state index contributed by atoms with van der Waals surface area (Å²) in [4.78, 5) is 2.31. The zero-order chi connectivity index (χ0) is 14.4. The molecule has 20 heavy (non-hydrogen) atoms. The molecule has 1 saturated heterocycles. The van der Waals surface area contributed by atoms with Crippen LogP contribution in [0.4, 0.5) is 5.69 Å². The van der Waals surface area contributed by atoms with Gasteiger partial charge in [0.25, 0.3) is 0 Å². The normalized spacial score (nSPS) is 17.1. The van der Waals surface area contributed by atoms with E-state index < -0.39 is 10.0 Å². The van der Waals surface area contributed by atoms with Gasteiger partial charge in [-0.2, -0.15) is 0 Å². The molecule has 0 aromatic heterocycles. The third kappa shape index (κ3) is 4.47. The molecule has 2 rings (SSSR count). The number of para-hydroxylation sites is 1. The van der Waals surface area contributed by atoms with Gasteiger partial charge in [-0.25, -0.2) is 8.42 Å². The highest BCUT2D eigenvalue weighted by Gasteiger charge is 2.17. The van der Waals surface area contributed by atoms with Crippen molar-refractivity contribution < 1.29 is 13.2 Å². The first kappa shape index (κ1) is 15.3. The second-order valence-corrected chi connectivity index (χ2v) is 6.89. The van der Waals surface area contributed by atoms with Gasteiger partial charge in [0.15, 0.2) is 0 Å². The maximum atomic E-state index is 11.9. The first-order valence-corrected chi connectivity index (χ1v) is 8.75. The van der Waals surface area contributed by atoms with Crippen LogP contribution >= 0.6 is 0 Å². The molecule has 6 heteroatoms. The summed E-state index contributed by atoms with van der Waals surface area (Å²) in [6.45, 7) is 4.83. The quantitative estimate of drug-likeness (QED) is 0.791. The largest absolute Gasteiger partial charge is 0.379 e. The molecule has 0 saturated carbocycles. The lowest BCUT2D eigenvalue weighted by atomic mass is 10.3. The van der Waals surface area contributed by atoms with Gasteiger partial charge in [0.05, 0.1) is 25.2 Å². The van der Waals surface area contributed by atoms with Gasteiger partial charge in [-0.05, 0) is 18.6 Å². The Balaban J connectivity index is 1.92. The van der Waals surface area contributed by atoms with Crippen LogP contribution in [-0.4, -0.2) is 59.0 Å². The van der Waals surface area contributed by atoms with Crippen LogP contribution in [0.3, 0.4) is 0 Å². The van der Waals surface area contributed by atoms with E-state index in [9.17, 15) is 8.42 Å². The van der Waals surface area contributed by atoms with Crippen LogP contribution in [-0.2, 0) is 14.8 Å². The van der Waals surface area contributed by atoms with E-state index in [1.54, 1.807) is 0 Å². The minimum Gasteiger partial charge on any atom is -0.379 e. The summed E-state index contributed by atoms with van der Waals surface area (Å²) in [5, 5.41) is 0. The van der Waals surface area contributed by atoms with Gasteiger partial charge in [0.2, 0.25) is 10.0 Å². The van der Waals surface area contributed by atoms with Gasteiger partial charge in [-0.15, -0.1) is 0 Å². The molecule has 1 fully saturated rings. The summed E-state index contributed by atoms with van der Waals surface area (Å²) in [5.74, 6) is 0. The lowest BCUT2D eigenvalue weighted by Gasteiger charge is -2.28. The first-order valence-electron chi connectivity index (χ1n) is 6.90. The standard InChI is InChI=1S/C14H22N2O3S/c1-20(17,18)16(14-6-3-2-4-7-14)9-5-8-15-10-12-19-13-11-15/h2-4,6-7H,5,8-13H2,1H3. The Labute approximate surface area is 121 Å². The maximum Gasteiger partial charge on any atom is 0.232 e. The number of rotatable bonds is 6. The predicted octanol–water partition coefficient (Wildman–Crippen LogP) is 1.17. The zero-order valence-electron chi connectivity index (χ0n) is 11.9. The molecule has 1 heterocycles. The fourth-order valence-electron chi connectivity index (χ4n) is 2.34. The molecule has 0 atom stereocenters. The Bertz CT molecular complexity index is 498. The number of hydrogen-bond donors (Lipinski definition) is 0. The van der Waals surface area contributed by atoms with Crippen molar-refractivity contribution >= 4 is 15.7 Å². The number of anilines is 1. The molecule has 0 N–H and O–H groups in total. The van der Waals surface area contributed by atoms with E-state index in [0.717, 1.165) is 45.0 Å². The number of hydrogen-bond acceptors (Lipinski definition) is 4. The van der Waals surface area contributed by atoms with E-state index in [1.807, 2.05) is 30.3 Å². The number of nitrogens with zero attached hydrogens (tertiary/aromatic N) is 2. The summed E-state index contributed by atoms with van der Waals surface area (Å²) >= 11 is 0. The molecule has 1 aromatic carbocycles. The molecule has 112 valence electrons. The average Bonchev–Trinajstić information content (AvgIpc) is 2.44. The fourth-order valence-corrected chi connectivity index (χ4v) is 3.31. The maximum absolute atomic E-state index is 11.9. The molecule has 0 amide bonds. The van der Waals surface area contributed by atoms with E-state index in [-0.39, 0.29) is 0 Å². The Morgan fingerprint density at radius 1 is 1.20 bits per heavy atom. The van der Waals surface area contributed by atoms with Gasteiger partial charge in [0, 0.05) is 26.2 Å². The highest BCUT2D eigenvalue weighted by molar-refractivity contribution is 7.92.